The van der Waals surface area contributed by atoms with Gasteiger partial charge in [-0.3, -0.25) is 0 Å². The fraction of sp³-hybridized carbons (Fsp3) is 0.222. The molecule has 3 rings (SSSR count). The van der Waals surface area contributed by atoms with Crippen LogP contribution >= 0.6 is 15.9 Å². The Morgan fingerprint density at radius 1 is 1.19 bits per heavy atom. The van der Waals surface area contributed by atoms with Crippen LogP contribution in [0.5, 0.6) is 11.5 Å². The van der Waals surface area contributed by atoms with Gasteiger partial charge in [-0.25, -0.2) is 0 Å². The molecule has 0 fully saturated rings. The van der Waals surface area contributed by atoms with Gasteiger partial charge in [0.25, 0.3) is 0 Å². The van der Waals surface area contributed by atoms with Crippen LogP contribution in [0.25, 0.3) is 5.69 Å². The highest BCUT2D eigenvalue weighted by molar-refractivity contribution is 9.10. The molecule has 0 aliphatic carbocycles. The van der Waals surface area contributed by atoms with E-state index in [1.807, 2.05) is 12.1 Å². The van der Waals surface area contributed by atoms with Crippen molar-refractivity contribution in [3.05, 3.63) is 22.9 Å². The first-order valence-electron chi connectivity index (χ1n) is 4.67. The van der Waals surface area contributed by atoms with Crippen LogP contribution in [0.3, 0.4) is 0 Å². The summed E-state index contributed by atoms with van der Waals surface area (Å²) >= 11 is 3.44. The lowest BCUT2D eigenvalue weighted by molar-refractivity contribution is 0.171. The molecule has 2 aromatic rings. The van der Waals surface area contributed by atoms with Gasteiger partial charge in [-0.05, 0) is 26.4 Å². The Hall–Kier alpha value is -1.63. The van der Waals surface area contributed by atoms with Crippen LogP contribution < -0.4 is 9.47 Å². The van der Waals surface area contributed by atoms with E-state index in [9.17, 15) is 0 Å². The Kier molecular flexibility index (Phi) is 2.24. The number of hydrogen-bond acceptors (Lipinski definition) is 5. The van der Waals surface area contributed by atoms with E-state index >= 15 is 0 Å². The lowest BCUT2D eigenvalue weighted by atomic mass is 10.2. The number of tetrazole rings is 1. The second-order valence-electron chi connectivity index (χ2n) is 3.20. The number of nitrogens with zero attached hydrogens (tertiary/aromatic N) is 4. The van der Waals surface area contributed by atoms with Crippen molar-refractivity contribution in [3.8, 4) is 17.2 Å². The van der Waals surface area contributed by atoms with Crippen molar-refractivity contribution in [1.29, 1.82) is 0 Å². The minimum absolute atomic E-state index is 0.559. The molecule has 0 spiro atoms. The summed E-state index contributed by atoms with van der Waals surface area (Å²) in [7, 11) is 0. The monoisotopic (exact) mass is 282 g/mol. The largest absolute Gasteiger partial charge is 0.486 e. The molecular formula is C9H7BrN4O2. The van der Waals surface area contributed by atoms with Gasteiger partial charge in [0.05, 0.1) is 5.69 Å². The third kappa shape index (κ3) is 1.53. The summed E-state index contributed by atoms with van der Waals surface area (Å²) in [6, 6.07) is 3.69. The zero-order valence-corrected chi connectivity index (χ0v) is 9.72. The van der Waals surface area contributed by atoms with Crippen LogP contribution in [-0.2, 0) is 0 Å². The molecule has 1 aromatic carbocycles. The second kappa shape index (κ2) is 3.75. The SMILES string of the molecule is Brc1cc2c(cc1-n1cnnn1)OCCO2. The highest BCUT2D eigenvalue weighted by atomic mass is 79.9. The van der Waals surface area contributed by atoms with Crippen molar-refractivity contribution in [2.75, 3.05) is 13.2 Å². The lowest BCUT2D eigenvalue weighted by Gasteiger charge is -2.19. The highest BCUT2D eigenvalue weighted by Gasteiger charge is 2.16. The predicted octanol–water partition coefficient (Wildman–Crippen LogP) is 1.20. The molecule has 1 aromatic heterocycles. The average molecular weight is 283 g/mol. The smallest absolute Gasteiger partial charge is 0.163 e. The Morgan fingerprint density at radius 2 is 1.94 bits per heavy atom. The fourth-order valence-corrected chi connectivity index (χ4v) is 2.00. The summed E-state index contributed by atoms with van der Waals surface area (Å²) < 4.78 is 13.4. The van der Waals surface area contributed by atoms with Crippen molar-refractivity contribution in [2.24, 2.45) is 0 Å². The van der Waals surface area contributed by atoms with Crippen molar-refractivity contribution < 1.29 is 9.47 Å². The van der Waals surface area contributed by atoms with E-state index in [2.05, 4.69) is 31.5 Å². The van der Waals surface area contributed by atoms with Gasteiger partial charge in [0.15, 0.2) is 11.5 Å². The second-order valence-corrected chi connectivity index (χ2v) is 4.06. The van der Waals surface area contributed by atoms with Crippen molar-refractivity contribution in [3.63, 3.8) is 0 Å². The number of rotatable bonds is 1. The standard InChI is InChI=1S/C9H7BrN4O2/c10-6-3-8-9(16-2-1-15-8)4-7(6)14-5-11-12-13-14/h3-5H,1-2H2. The molecule has 0 bridgehead atoms. The molecular weight excluding hydrogens is 276 g/mol. The van der Waals surface area contributed by atoms with Crippen LogP contribution in [0.4, 0.5) is 0 Å². The summed E-state index contributed by atoms with van der Waals surface area (Å²) in [6.45, 7) is 1.13. The number of ether oxygens (including phenoxy) is 2. The summed E-state index contributed by atoms with van der Waals surface area (Å²) in [4.78, 5) is 0. The topological polar surface area (TPSA) is 62.1 Å². The molecule has 0 amide bonds. The zero-order valence-electron chi connectivity index (χ0n) is 8.13. The van der Waals surface area contributed by atoms with E-state index in [-0.39, 0.29) is 0 Å². The Labute approximate surface area is 99.3 Å². The van der Waals surface area contributed by atoms with E-state index in [0.29, 0.717) is 19.0 Å². The maximum atomic E-state index is 5.49. The van der Waals surface area contributed by atoms with Crippen LogP contribution in [0.15, 0.2) is 22.9 Å². The van der Waals surface area contributed by atoms with Gasteiger partial charge in [-0.1, -0.05) is 0 Å². The summed E-state index contributed by atoms with van der Waals surface area (Å²) in [5.41, 5.74) is 0.814. The quantitative estimate of drug-likeness (QED) is 0.786. The van der Waals surface area contributed by atoms with Crippen molar-refractivity contribution >= 4 is 15.9 Å². The Balaban J connectivity index is 2.12. The zero-order chi connectivity index (χ0) is 11.0. The number of benzene rings is 1. The molecule has 1 aliphatic heterocycles. The number of hydrogen-bond donors (Lipinski definition) is 0. The van der Waals surface area contributed by atoms with Crippen LogP contribution in [0, 0.1) is 0 Å². The van der Waals surface area contributed by atoms with Gasteiger partial charge < -0.3 is 9.47 Å². The van der Waals surface area contributed by atoms with E-state index in [1.54, 1.807) is 4.68 Å². The van der Waals surface area contributed by atoms with Crippen molar-refractivity contribution in [2.45, 2.75) is 0 Å². The maximum Gasteiger partial charge on any atom is 0.163 e. The molecule has 0 N–H and O–H groups in total. The molecule has 0 saturated heterocycles. The van der Waals surface area contributed by atoms with Crippen molar-refractivity contribution in [1.82, 2.24) is 20.2 Å². The van der Waals surface area contributed by atoms with Gasteiger partial charge in [0.1, 0.15) is 19.5 Å². The molecule has 1 aliphatic rings. The molecule has 7 heteroatoms. The first-order chi connectivity index (χ1) is 7.84. The normalized spacial score (nSPS) is 13.8. The maximum absolute atomic E-state index is 5.49. The van der Waals surface area contributed by atoms with Gasteiger partial charge >= 0.3 is 0 Å². The predicted molar refractivity (Wildman–Crippen MR) is 57.8 cm³/mol. The molecule has 0 unspecified atom stereocenters. The minimum atomic E-state index is 0.559. The lowest BCUT2D eigenvalue weighted by Crippen LogP contribution is -2.15. The van der Waals surface area contributed by atoms with E-state index in [0.717, 1.165) is 15.9 Å². The Morgan fingerprint density at radius 3 is 2.62 bits per heavy atom. The van der Waals surface area contributed by atoms with E-state index < -0.39 is 0 Å². The van der Waals surface area contributed by atoms with Crippen LogP contribution in [0.2, 0.25) is 0 Å². The number of aromatic nitrogens is 4. The minimum Gasteiger partial charge on any atom is -0.486 e. The number of halogens is 1. The van der Waals surface area contributed by atoms with Gasteiger partial charge in [0, 0.05) is 16.6 Å². The molecule has 0 atom stereocenters. The first kappa shape index (κ1) is 9.59. The van der Waals surface area contributed by atoms with E-state index in [1.165, 1.54) is 6.33 Å². The van der Waals surface area contributed by atoms with Gasteiger partial charge in [-0.2, -0.15) is 4.68 Å². The molecule has 0 saturated carbocycles. The molecule has 16 heavy (non-hydrogen) atoms. The highest BCUT2D eigenvalue weighted by Crippen LogP contribution is 2.36. The first-order valence-corrected chi connectivity index (χ1v) is 5.46. The summed E-state index contributed by atoms with van der Waals surface area (Å²) in [5, 5.41) is 11.0. The van der Waals surface area contributed by atoms with Gasteiger partial charge in [0.2, 0.25) is 0 Å². The number of fused-ring (bicyclic) bond motifs is 1. The van der Waals surface area contributed by atoms with Gasteiger partial charge in [-0.15, -0.1) is 5.10 Å². The third-order valence-corrected chi connectivity index (χ3v) is 2.84. The Bertz CT molecular complexity index is 514. The molecule has 2 heterocycles. The average Bonchev–Trinajstić information content (AvgIpc) is 2.81. The van der Waals surface area contributed by atoms with Crippen LogP contribution in [0.1, 0.15) is 0 Å². The summed E-state index contributed by atoms with van der Waals surface area (Å²) in [5.74, 6) is 1.44. The molecule has 6 nitrogen and oxygen atoms in total. The van der Waals surface area contributed by atoms with E-state index in [4.69, 9.17) is 9.47 Å². The third-order valence-electron chi connectivity index (χ3n) is 2.21. The summed E-state index contributed by atoms with van der Waals surface area (Å²) in [6.07, 6.45) is 1.52. The molecule has 82 valence electrons. The van der Waals surface area contributed by atoms with Crippen LogP contribution in [-0.4, -0.2) is 33.4 Å². The fourth-order valence-electron chi connectivity index (χ4n) is 1.50. The molecule has 0 radical (unpaired) electrons.